The highest BCUT2D eigenvalue weighted by Crippen LogP contribution is 2.59. The minimum absolute atomic E-state index is 0.530. The Hall–Kier alpha value is -9.18. The molecule has 3 nitrogen and oxygen atoms in total. The Morgan fingerprint density at radius 1 is 0.357 bits per heavy atom. The first-order valence-corrected chi connectivity index (χ1v) is 24.1. The monoisotopic (exact) mass is 892 g/mol. The average Bonchev–Trinajstić information content (AvgIpc) is 4.10. The van der Waals surface area contributed by atoms with E-state index in [2.05, 4.69) is 264 Å². The zero-order valence-electron chi connectivity index (χ0n) is 38.2. The third-order valence-corrected chi connectivity index (χ3v) is 14.7. The maximum absolute atomic E-state index is 6.49. The van der Waals surface area contributed by atoms with E-state index >= 15 is 0 Å². The summed E-state index contributed by atoms with van der Waals surface area (Å²) in [5.41, 5.74) is 20.0. The van der Waals surface area contributed by atoms with Crippen LogP contribution in [0.25, 0.3) is 82.8 Å². The first-order chi connectivity index (χ1) is 34.7. The van der Waals surface area contributed by atoms with Gasteiger partial charge in [-0.05, 0) is 111 Å². The van der Waals surface area contributed by atoms with Gasteiger partial charge in [0.1, 0.15) is 11.2 Å². The van der Waals surface area contributed by atoms with Crippen LogP contribution in [-0.4, -0.2) is 4.57 Å². The largest absolute Gasteiger partial charge is 0.455 e. The van der Waals surface area contributed by atoms with Crippen LogP contribution in [0.15, 0.2) is 271 Å². The molecule has 1 aliphatic rings. The van der Waals surface area contributed by atoms with Crippen LogP contribution in [-0.2, 0) is 5.41 Å². The molecule has 1 aliphatic carbocycles. The van der Waals surface area contributed by atoms with Crippen molar-refractivity contribution in [2.75, 3.05) is 4.90 Å². The van der Waals surface area contributed by atoms with Gasteiger partial charge < -0.3 is 13.9 Å². The van der Waals surface area contributed by atoms with Crippen LogP contribution in [0.2, 0.25) is 0 Å². The van der Waals surface area contributed by atoms with E-state index in [-0.39, 0.29) is 0 Å². The van der Waals surface area contributed by atoms with E-state index in [9.17, 15) is 0 Å². The first kappa shape index (κ1) is 39.9. The van der Waals surface area contributed by atoms with Crippen molar-refractivity contribution in [1.82, 2.24) is 4.57 Å². The van der Waals surface area contributed by atoms with Gasteiger partial charge in [0.15, 0.2) is 0 Å². The molecule has 0 radical (unpaired) electrons. The number of furan rings is 1. The van der Waals surface area contributed by atoms with Crippen molar-refractivity contribution in [3.05, 3.63) is 289 Å². The zero-order chi connectivity index (χ0) is 46.2. The summed E-state index contributed by atoms with van der Waals surface area (Å²) in [6.07, 6.45) is 0. The highest BCUT2D eigenvalue weighted by Gasteiger charge is 2.47. The molecule has 0 N–H and O–H groups in total. The molecule has 2 aromatic heterocycles. The molecular formula is C67H44N2O. The number of hydrogen-bond donors (Lipinski definition) is 0. The Morgan fingerprint density at radius 2 is 0.886 bits per heavy atom. The normalized spacial score (nSPS) is 12.7. The van der Waals surface area contributed by atoms with Gasteiger partial charge in [-0.3, -0.25) is 0 Å². The Bertz CT molecular complexity index is 4020. The fourth-order valence-corrected chi connectivity index (χ4v) is 11.7. The lowest BCUT2D eigenvalue weighted by Gasteiger charge is -2.34. The van der Waals surface area contributed by atoms with Crippen LogP contribution >= 0.6 is 0 Å². The molecule has 14 rings (SSSR count). The van der Waals surface area contributed by atoms with Gasteiger partial charge in [-0.15, -0.1) is 0 Å². The van der Waals surface area contributed by atoms with E-state index in [0.717, 1.165) is 66.9 Å². The summed E-state index contributed by atoms with van der Waals surface area (Å²) in [6, 6.07) is 97.3. The Balaban J connectivity index is 0.943. The van der Waals surface area contributed by atoms with Gasteiger partial charge in [0.05, 0.1) is 22.1 Å². The number of hydrogen-bond acceptors (Lipinski definition) is 2. The van der Waals surface area contributed by atoms with Crippen molar-refractivity contribution in [1.29, 1.82) is 0 Å². The van der Waals surface area contributed by atoms with Crippen LogP contribution in [0.3, 0.4) is 0 Å². The zero-order valence-corrected chi connectivity index (χ0v) is 38.2. The molecule has 11 aromatic carbocycles. The molecule has 0 unspecified atom stereocenters. The van der Waals surface area contributed by atoms with E-state index in [0.29, 0.717) is 0 Å². The van der Waals surface area contributed by atoms with Gasteiger partial charge in [0, 0.05) is 49.7 Å². The van der Waals surface area contributed by atoms with Crippen molar-refractivity contribution >= 4 is 60.8 Å². The van der Waals surface area contributed by atoms with Crippen LogP contribution < -0.4 is 4.90 Å². The molecule has 13 aromatic rings. The van der Waals surface area contributed by atoms with Crippen molar-refractivity contribution < 1.29 is 4.42 Å². The Kier molecular flexibility index (Phi) is 9.11. The predicted octanol–water partition coefficient (Wildman–Crippen LogP) is 17.8. The number of para-hydroxylation sites is 4. The third kappa shape index (κ3) is 6.01. The van der Waals surface area contributed by atoms with Crippen molar-refractivity contribution in [3.63, 3.8) is 0 Å². The maximum Gasteiger partial charge on any atom is 0.143 e. The maximum atomic E-state index is 6.49. The van der Waals surface area contributed by atoms with Gasteiger partial charge >= 0.3 is 0 Å². The lowest BCUT2D eigenvalue weighted by atomic mass is 9.68. The predicted molar refractivity (Wildman–Crippen MR) is 291 cm³/mol. The van der Waals surface area contributed by atoms with E-state index in [4.69, 9.17) is 4.42 Å². The molecule has 3 heteroatoms. The quantitative estimate of drug-likeness (QED) is 0.152. The molecule has 0 aliphatic heterocycles. The van der Waals surface area contributed by atoms with Crippen molar-refractivity contribution in [2.24, 2.45) is 0 Å². The molecule has 2 heterocycles. The fraction of sp³-hybridized carbons (Fsp3) is 0.0149. The summed E-state index contributed by atoms with van der Waals surface area (Å²) in [4.78, 5) is 2.46. The first-order valence-electron chi connectivity index (χ1n) is 24.1. The third-order valence-electron chi connectivity index (χ3n) is 14.7. The average molecular weight is 893 g/mol. The van der Waals surface area contributed by atoms with Gasteiger partial charge in [-0.2, -0.15) is 0 Å². The molecule has 0 saturated heterocycles. The number of anilines is 3. The smallest absolute Gasteiger partial charge is 0.143 e. The van der Waals surface area contributed by atoms with Crippen LogP contribution in [0, 0.1) is 0 Å². The molecule has 0 spiro atoms. The summed E-state index contributed by atoms with van der Waals surface area (Å²) in [5, 5.41) is 4.76. The SMILES string of the molecule is c1ccc(C2(c3ccccc3)c3ccccc3-c3c(N(c4ccc(-c5cccc(-c6cccc7c6oc6ccccc67)c5)cc4)c4ccc(-n5c6ccccc6c6ccccc65)cc4)cccc32)cc1. The second kappa shape index (κ2) is 16.0. The number of rotatable bonds is 8. The minimum atomic E-state index is -0.530. The number of benzene rings is 11. The number of nitrogens with zero attached hydrogens (tertiary/aromatic N) is 2. The fourth-order valence-electron chi connectivity index (χ4n) is 11.7. The number of fused-ring (bicyclic) bond motifs is 9. The van der Waals surface area contributed by atoms with Gasteiger partial charge in [-0.1, -0.05) is 200 Å². The highest BCUT2D eigenvalue weighted by atomic mass is 16.3. The lowest BCUT2D eigenvalue weighted by molar-refractivity contribution is 0.670. The van der Waals surface area contributed by atoms with Crippen molar-refractivity contribution in [2.45, 2.75) is 5.41 Å². The molecule has 70 heavy (non-hydrogen) atoms. The minimum Gasteiger partial charge on any atom is -0.455 e. The van der Waals surface area contributed by atoms with Crippen LogP contribution in [0.4, 0.5) is 17.1 Å². The van der Waals surface area contributed by atoms with Crippen molar-refractivity contribution in [3.8, 4) is 39.1 Å². The molecule has 328 valence electrons. The second-order valence-corrected chi connectivity index (χ2v) is 18.4. The Labute approximate surface area is 406 Å². The summed E-state index contributed by atoms with van der Waals surface area (Å²) < 4.78 is 8.88. The van der Waals surface area contributed by atoms with Gasteiger partial charge in [0.2, 0.25) is 0 Å². The Morgan fingerprint density at radius 3 is 1.60 bits per heavy atom. The number of aromatic nitrogens is 1. The topological polar surface area (TPSA) is 21.3 Å². The molecule has 0 atom stereocenters. The van der Waals surface area contributed by atoms with E-state index < -0.39 is 5.41 Å². The molecule has 0 bridgehead atoms. The lowest BCUT2D eigenvalue weighted by Crippen LogP contribution is -2.28. The molecular weight excluding hydrogens is 849 g/mol. The summed E-state index contributed by atoms with van der Waals surface area (Å²) in [6.45, 7) is 0. The molecule has 0 fully saturated rings. The summed E-state index contributed by atoms with van der Waals surface area (Å²) in [7, 11) is 0. The summed E-state index contributed by atoms with van der Waals surface area (Å²) >= 11 is 0. The van der Waals surface area contributed by atoms with Crippen LogP contribution in [0.1, 0.15) is 22.3 Å². The standard InChI is InChI=1S/C67H44N2O/c1-3-20-48(21-4-1)67(49-22-5-2-6-23-49)59-30-11-7-27-58(59)65-60(67)31-17-34-63(65)68(51-40-42-52(43-41-51)69-61-32-12-8-24-54(61)55-25-9-13-33-62(55)69)50-38-36-45(37-39-50)46-18-15-19-47(44-46)53-28-16-29-57-56-26-10-14-35-64(56)70-66(53)57/h1-44H. The van der Waals surface area contributed by atoms with E-state index in [1.54, 1.807) is 0 Å². The highest BCUT2D eigenvalue weighted by molar-refractivity contribution is 6.10. The van der Waals surface area contributed by atoms with Gasteiger partial charge in [-0.25, -0.2) is 0 Å². The van der Waals surface area contributed by atoms with E-state index in [1.165, 1.54) is 55.2 Å². The summed E-state index contributed by atoms with van der Waals surface area (Å²) in [5.74, 6) is 0. The van der Waals surface area contributed by atoms with Gasteiger partial charge in [0.25, 0.3) is 0 Å². The second-order valence-electron chi connectivity index (χ2n) is 18.4. The van der Waals surface area contributed by atoms with E-state index in [1.807, 2.05) is 12.1 Å². The molecule has 0 saturated carbocycles. The van der Waals surface area contributed by atoms with Crippen LogP contribution in [0.5, 0.6) is 0 Å². The molecule has 0 amide bonds.